The molecule has 1 amide bonds. The molecule has 3 aromatic rings. The van der Waals surface area contributed by atoms with Crippen LogP contribution in [0, 0.1) is 0 Å². The van der Waals surface area contributed by atoms with Crippen LogP contribution in [-0.4, -0.2) is 63.2 Å². The van der Waals surface area contributed by atoms with E-state index in [1.165, 1.54) is 10.7 Å². The molecule has 0 unspecified atom stereocenters. The number of nitrogens with one attached hydrogen (secondary N) is 1. The largest absolute Gasteiger partial charge is 0.351 e. The molecule has 0 spiro atoms. The lowest BCUT2D eigenvalue weighted by atomic mass is 10.2. The number of carbonyl (C=O) groups excluding carboxylic acids is 1. The molecule has 7 heteroatoms. The van der Waals surface area contributed by atoms with Crippen LogP contribution in [0.3, 0.4) is 0 Å². The summed E-state index contributed by atoms with van der Waals surface area (Å²) >= 11 is 0. The maximum atomic E-state index is 12.7. The van der Waals surface area contributed by atoms with Gasteiger partial charge in [0.2, 0.25) is 0 Å². The molecule has 0 bridgehead atoms. The van der Waals surface area contributed by atoms with Crippen molar-refractivity contribution in [2.75, 3.05) is 32.7 Å². The summed E-state index contributed by atoms with van der Waals surface area (Å²) in [6.45, 7) is 4.29. The number of H-pyrrole nitrogens is 1. The van der Waals surface area contributed by atoms with Gasteiger partial charge >= 0.3 is 0 Å². The Bertz CT molecular complexity index is 936. The molecule has 7 nitrogen and oxygen atoms in total. The van der Waals surface area contributed by atoms with E-state index in [1.54, 1.807) is 12.3 Å². The smallest absolute Gasteiger partial charge is 0.270 e. The third-order valence-electron chi connectivity index (χ3n) is 4.83. The van der Waals surface area contributed by atoms with Crippen molar-refractivity contribution in [1.82, 2.24) is 24.6 Å². The number of rotatable bonds is 4. The van der Waals surface area contributed by atoms with Crippen LogP contribution in [0.5, 0.6) is 0 Å². The Labute approximate surface area is 150 Å². The highest BCUT2D eigenvalue weighted by molar-refractivity contribution is 5.98. The van der Waals surface area contributed by atoms with Gasteiger partial charge in [0.1, 0.15) is 5.69 Å². The Morgan fingerprint density at radius 3 is 2.62 bits per heavy atom. The molecule has 0 saturated carbocycles. The summed E-state index contributed by atoms with van der Waals surface area (Å²) in [7, 11) is 0. The van der Waals surface area contributed by atoms with Gasteiger partial charge in [0.05, 0.1) is 6.54 Å². The van der Waals surface area contributed by atoms with E-state index in [4.69, 9.17) is 0 Å². The van der Waals surface area contributed by atoms with Gasteiger partial charge < -0.3 is 9.88 Å². The van der Waals surface area contributed by atoms with Gasteiger partial charge in [-0.1, -0.05) is 18.2 Å². The van der Waals surface area contributed by atoms with Crippen molar-refractivity contribution < 1.29 is 4.79 Å². The second-order valence-corrected chi connectivity index (χ2v) is 6.49. The number of fused-ring (bicyclic) bond motifs is 1. The van der Waals surface area contributed by atoms with Gasteiger partial charge in [0.15, 0.2) is 0 Å². The van der Waals surface area contributed by atoms with Crippen molar-refractivity contribution in [1.29, 1.82) is 0 Å². The summed E-state index contributed by atoms with van der Waals surface area (Å²) < 4.78 is 1.47. The van der Waals surface area contributed by atoms with Crippen molar-refractivity contribution in [3.05, 3.63) is 64.7 Å². The van der Waals surface area contributed by atoms with Crippen molar-refractivity contribution >= 4 is 16.8 Å². The lowest BCUT2D eigenvalue weighted by molar-refractivity contribution is 0.0626. The second-order valence-electron chi connectivity index (χ2n) is 6.49. The fourth-order valence-corrected chi connectivity index (χ4v) is 3.32. The molecule has 2 aromatic heterocycles. The number of hydrogen-bond donors (Lipinski definition) is 1. The monoisotopic (exact) mass is 351 g/mol. The number of hydrogen-bond acceptors (Lipinski definition) is 4. The highest BCUT2D eigenvalue weighted by Gasteiger charge is 2.23. The van der Waals surface area contributed by atoms with Gasteiger partial charge in [0, 0.05) is 55.9 Å². The third-order valence-corrected chi connectivity index (χ3v) is 4.83. The Hall–Kier alpha value is -2.93. The maximum Gasteiger partial charge on any atom is 0.270 e. The molecule has 0 atom stereocenters. The van der Waals surface area contributed by atoms with Gasteiger partial charge in [-0.05, 0) is 18.2 Å². The van der Waals surface area contributed by atoms with E-state index in [9.17, 15) is 9.59 Å². The summed E-state index contributed by atoms with van der Waals surface area (Å²) in [5, 5.41) is 5.13. The van der Waals surface area contributed by atoms with Crippen molar-refractivity contribution in [3.63, 3.8) is 0 Å². The zero-order chi connectivity index (χ0) is 17.9. The van der Waals surface area contributed by atoms with Gasteiger partial charge in [0.25, 0.3) is 11.5 Å². The van der Waals surface area contributed by atoms with E-state index < -0.39 is 0 Å². The topological polar surface area (TPSA) is 74.2 Å². The molecule has 1 fully saturated rings. The lowest BCUT2D eigenvalue weighted by Gasteiger charge is -2.34. The second kappa shape index (κ2) is 7.13. The third kappa shape index (κ3) is 3.39. The van der Waals surface area contributed by atoms with E-state index in [-0.39, 0.29) is 11.5 Å². The number of aromatic amines is 1. The molecule has 1 N–H and O–H groups in total. The summed E-state index contributed by atoms with van der Waals surface area (Å²) in [5.41, 5.74) is 1.54. The highest BCUT2D eigenvalue weighted by Crippen LogP contribution is 2.16. The minimum Gasteiger partial charge on any atom is -0.351 e. The van der Waals surface area contributed by atoms with Crippen LogP contribution in [0.1, 0.15) is 10.5 Å². The summed E-state index contributed by atoms with van der Waals surface area (Å²) in [6, 6.07) is 13.0. The number of nitrogens with zero attached hydrogens (tertiary/aromatic N) is 4. The van der Waals surface area contributed by atoms with Gasteiger partial charge in [-0.3, -0.25) is 14.5 Å². The Kier molecular flexibility index (Phi) is 4.53. The molecule has 1 aromatic carbocycles. The summed E-state index contributed by atoms with van der Waals surface area (Å²) in [5.74, 6) is 0.0433. The van der Waals surface area contributed by atoms with Crippen LogP contribution in [-0.2, 0) is 6.54 Å². The van der Waals surface area contributed by atoms with Crippen molar-refractivity contribution in [3.8, 4) is 0 Å². The van der Waals surface area contributed by atoms with E-state index in [0.29, 0.717) is 25.3 Å². The molecular weight excluding hydrogens is 330 g/mol. The van der Waals surface area contributed by atoms with Gasteiger partial charge in [-0.15, -0.1) is 0 Å². The molecule has 0 aliphatic carbocycles. The van der Waals surface area contributed by atoms with Crippen molar-refractivity contribution in [2.45, 2.75) is 6.54 Å². The number of para-hydroxylation sites is 1. The first-order valence-corrected chi connectivity index (χ1v) is 8.82. The van der Waals surface area contributed by atoms with Gasteiger partial charge in [-0.25, -0.2) is 4.68 Å². The average Bonchev–Trinajstić information content (AvgIpc) is 3.11. The fourth-order valence-electron chi connectivity index (χ4n) is 3.32. The Balaban J connectivity index is 1.33. The zero-order valence-corrected chi connectivity index (χ0v) is 14.5. The van der Waals surface area contributed by atoms with E-state index in [0.717, 1.165) is 30.5 Å². The quantitative estimate of drug-likeness (QED) is 0.766. The van der Waals surface area contributed by atoms with Crippen LogP contribution < -0.4 is 5.56 Å². The van der Waals surface area contributed by atoms with Crippen LogP contribution in [0.4, 0.5) is 0 Å². The molecule has 134 valence electrons. The summed E-state index contributed by atoms with van der Waals surface area (Å²) in [4.78, 5) is 31.8. The number of carbonyl (C=O) groups is 1. The molecule has 4 rings (SSSR count). The predicted octanol–water partition coefficient (Wildman–Crippen LogP) is 1.18. The highest BCUT2D eigenvalue weighted by atomic mass is 16.2. The first-order chi connectivity index (χ1) is 12.7. The SMILES string of the molecule is O=C(c1cc2ccccc2[nH]1)N1CCN(CCn2ncccc2=O)CC1. The zero-order valence-electron chi connectivity index (χ0n) is 14.5. The fraction of sp³-hybridized carbons (Fsp3) is 0.316. The summed E-state index contributed by atoms with van der Waals surface area (Å²) in [6.07, 6.45) is 1.62. The van der Waals surface area contributed by atoms with Crippen LogP contribution in [0.15, 0.2) is 53.5 Å². The molecule has 1 aliphatic heterocycles. The van der Waals surface area contributed by atoms with Crippen LogP contribution >= 0.6 is 0 Å². The Morgan fingerprint density at radius 1 is 1.04 bits per heavy atom. The minimum atomic E-state index is -0.0832. The maximum absolute atomic E-state index is 12.7. The molecule has 0 radical (unpaired) electrons. The predicted molar refractivity (Wildman–Crippen MR) is 99.1 cm³/mol. The number of benzene rings is 1. The van der Waals surface area contributed by atoms with E-state index >= 15 is 0 Å². The molecular formula is C19H21N5O2. The normalized spacial score (nSPS) is 15.5. The lowest BCUT2D eigenvalue weighted by Crippen LogP contribution is -2.49. The number of aromatic nitrogens is 3. The molecule has 1 aliphatic rings. The molecule has 26 heavy (non-hydrogen) atoms. The van der Waals surface area contributed by atoms with Gasteiger partial charge in [-0.2, -0.15) is 5.10 Å². The molecule has 1 saturated heterocycles. The molecule has 3 heterocycles. The minimum absolute atomic E-state index is 0.0433. The van der Waals surface area contributed by atoms with E-state index in [2.05, 4.69) is 15.0 Å². The van der Waals surface area contributed by atoms with E-state index in [1.807, 2.05) is 35.2 Å². The first kappa shape index (κ1) is 16.5. The van der Waals surface area contributed by atoms with Crippen molar-refractivity contribution in [2.24, 2.45) is 0 Å². The first-order valence-electron chi connectivity index (χ1n) is 8.82. The number of amides is 1. The average molecular weight is 351 g/mol. The van der Waals surface area contributed by atoms with Crippen LogP contribution in [0.2, 0.25) is 0 Å². The Morgan fingerprint density at radius 2 is 1.85 bits per heavy atom. The number of piperazine rings is 1. The standard InChI is InChI=1S/C19H21N5O2/c25-18-6-3-7-20-24(18)13-10-22-8-11-23(12-9-22)19(26)17-14-15-4-1-2-5-16(15)21-17/h1-7,14,21H,8-13H2. The van der Waals surface area contributed by atoms with Crippen LogP contribution in [0.25, 0.3) is 10.9 Å².